The van der Waals surface area contributed by atoms with E-state index in [1.807, 2.05) is 0 Å². The standard InChI is InChI=1S/C9H11F3N2/c1-6(4-13)7-2-3-14-5-8(7)9(10,11)12/h2-3,5-6H,4,13H2,1H3. The van der Waals surface area contributed by atoms with Gasteiger partial charge in [0.05, 0.1) is 5.56 Å². The van der Waals surface area contributed by atoms with Crippen LogP contribution in [0.2, 0.25) is 0 Å². The van der Waals surface area contributed by atoms with Crippen LogP contribution in [0.15, 0.2) is 18.5 Å². The second-order valence-corrected chi connectivity index (χ2v) is 3.10. The Balaban J connectivity index is 3.16. The summed E-state index contributed by atoms with van der Waals surface area (Å²) < 4.78 is 37.4. The van der Waals surface area contributed by atoms with Gasteiger partial charge in [0.15, 0.2) is 0 Å². The van der Waals surface area contributed by atoms with Crippen LogP contribution in [0.4, 0.5) is 13.2 Å². The van der Waals surface area contributed by atoms with Crippen molar-refractivity contribution in [1.29, 1.82) is 0 Å². The molecule has 14 heavy (non-hydrogen) atoms. The lowest BCUT2D eigenvalue weighted by Gasteiger charge is -2.15. The van der Waals surface area contributed by atoms with E-state index < -0.39 is 11.7 Å². The van der Waals surface area contributed by atoms with Gasteiger partial charge in [0.25, 0.3) is 0 Å². The van der Waals surface area contributed by atoms with Crippen molar-refractivity contribution >= 4 is 0 Å². The monoisotopic (exact) mass is 204 g/mol. The lowest BCUT2D eigenvalue weighted by atomic mass is 9.97. The van der Waals surface area contributed by atoms with Gasteiger partial charge in [0.1, 0.15) is 0 Å². The van der Waals surface area contributed by atoms with Crippen molar-refractivity contribution < 1.29 is 13.2 Å². The Kier molecular flexibility index (Phi) is 3.10. The van der Waals surface area contributed by atoms with E-state index in [1.165, 1.54) is 12.3 Å². The molecule has 0 fully saturated rings. The van der Waals surface area contributed by atoms with E-state index in [0.717, 1.165) is 6.20 Å². The summed E-state index contributed by atoms with van der Waals surface area (Å²) in [6.45, 7) is 1.84. The van der Waals surface area contributed by atoms with Gasteiger partial charge in [0.2, 0.25) is 0 Å². The number of aromatic nitrogens is 1. The van der Waals surface area contributed by atoms with Gasteiger partial charge in [-0.1, -0.05) is 6.92 Å². The Bertz CT molecular complexity index is 309. The molecule has 1 aromatic heterocycles. The van der Waals surface area contributed by atoms with Gasteiger partial charge in [-0.05, 0) is 24.1 Å². The number of nitrogens with zero attached hydrogens (tertiary/aromatic N) is 1. The Labute approximate surface area is 79.9 Å². The van der Waals surface area contributed by atoms with Crippen LogP contribution in [0.1, 0.15) is 24.0 Å². The zero-order chi connectivity index (χ0) is 10.8. The molecule has 5 heteroatoms. The van der Waals surface area contributed by atoms with Gasteiger partial charge in [-0.25, -0.2) is 0 Å². The first-order chi connectivity index (χ1) is 6.46. The molecule has 2 nitrogen and oxygen atoms in total. The predicted octanol–water partition coefficient (Wildman–Crippen LogP) is 2.16. The van der Waals surface area contributed by atoms with E-state index in [4.69, 9.17) is 5.73 Å². The summed E-state index contributed by atoms with van der Waals surface area (Å²) in [5.41, 5.74) is 4.84. The normalized spacial score (nSPS) is 14.1. The highest BCUT2D eigenvalue weighted by atomic mass is 19.4. The van der Waals surface area contributed by atoms with Crippen LogP contribution in [0.3, 0.4) is 0 Å². The molecule has 1 aromatic rings. The van der Waals surface area contributed by atoms with Crippen molar-refractivity contribution in [3.63, 3.8) is 0 Å². The summed E-state index contributed by atoms with van der Waals surface area (Å²) in [5.74, 6) is -0.311. The van der Waals surface area contributed by atoms with Gasteiger partial charge >= 0.3 is 6.18 Å². The van der Waals surface area contributed by atoms with Crippen LogP contribution in [0, 0.1) is 0 Å². The molecule has 0 aliphatic carbocycles. The molecule has 0 aromatic carbocycles. The van der Waals surface area contributed by atoms with Crippen molar-refractivity contribution in [3.8, 4) is 0 Å². The Morgan fingerprint density at radius 3 is 2.64 bits per heavy atom. The highest BCUT2D eigenvalue weighted by molar-refractivity contribution is 5.29. The fourth-order valence-electron chi connectivity index (χ4n) is 1.20. The minimum atomic E-state index is -4.35. The van der Waals surface area contributed by atoms with Crippen molar-refractivity contribution in [2.24, 2.45) is 5.73 Å². The number of rotatable bonds is 2. The molecule has 2 N–H and O–H groups in total. The molecule has 0 saturated carbocycles. The van der Waals surface area contributed by atoms with Gasteiger partial charge in [-0.2, -0.15) is 13.2 Å². The van der Waals surface area contributed by atoms with Crippen molar-refractivity contribution in [2.75, 3.05) is 6.54 Å². The number of nitrogens with two attached hydrogens (primary N) is 1. The average molecular weight is 204 g/mol. The minimum absolute atomic E-state index is 0.188. The molecule has 0 saturated heterocycles. The average Bonchev–Trinajstić information content (AvgIpc) is 2.15. The van der Waals surface area contributed by atoms with Crippen LogP contribution in [-0.2, 0) is 6.18 Å². The van der Waals surface area contributed by atoms with Gasteiger partial charge in [0, 0.05) is 12.4 Å². The lowest BCUT2D eigenvalue weighted by molar-refractivity contribution is -0.138. The molecule has 1 unspecified atom stereocenters. The fourth-order valence-corrected chi connectivity index (χ4v) is 1.20. The Morgan fingerprint density at radius 2 is 2.14 bits per heavy atom. The van der Waals surface area contributed by atoms with Gasteiger partial charge in [-0.15, -0.1) is 0 Å². The van der Waals surface area contributed by atoms with E-state index in [1.54, 1.807) is 6.92 Å². The van der Waals surface area contributed by atoms with Gasteiger partial charge < -0.3 is 5.73 Å². The molecule has 1 atom stereocenters. The number of pyridine rings is 1. The third-order valence-electron chi connectivity index (χ3n) is 2.04. The van der Waals surface area contributed by atoms with Gasteiger partial charge in [-0.3, -0.25) is 4.98 Å². The zero-order valence-corrected chi connectivity index (χ0v) is 7.67. The molecule has 0 bridgehead atoms. The molecular weight excluding hydrogens is 193 g/mol. The molecule has 0 amide bonds. The molecule has 0 aliphatic heterocycles. The van der Waals surface area contributed by atoms with Crippen LogP contribution < -0.4 is 5.73 Å². The summed E-state index contributed by atoms with van der Waals surface area (Å²) in [5, 5.41) is 0. The Hall–Kier alpha value is -1.10. The first kappa shape index (κ1) is 11.0. The van der Waals surface area contributed by atoms with E-state index in [2.05, 4.69) is 4.98 Å². The van der Waals surface area contributed by atoms with Crippen LogP contribution >= 0.6 is 0 Å². The highest BCUT2D eigenvalue weighted by Gasteiger charge is 2.34. The third-order valence-corrected chi connectivity index (χ3v) is 2.04. The quantitative estimate of drug-likeness (QED) is 0.801. The molecule has 78 valence electrons. The molecule has 0 radical (unpaired) electrons. The van der Waals surface area contributed by atoms with Crippen molar-refractivity contribution in [2.45, 2.75) is 19.0 Å². The number of halogens is 3. The zero-order valence-electron chi connectivity index (χ0n) is 7.67. The number of hydrogen-bond acceptors (Lipinski definition) is 2. The van der Waals surface area contributed by atoms with E-state index in [0.29, 0.717) is 0 Å². The predicted molar refractivity (Wildman–Crippen MR) is 46.7 cm³/mol. The second-order valence-electron chi connectivity index (χ2n) is 3.10. The first-order valence-electron chi connectivity index (χ1n) is 4.18. The maximum atomic E-state index is 12.5. The summed E-state index contributed by atoms with van der Waals surface area (Å²) in [6.07, 6.45) is -2.18. The molecule has 1 rings (SSSR count). The van der Waals surface area contributed by atoms with E-state index in [9.17, 15) is 13.2 Å². The smallest absolute Gasteiger partial charge is 0.330 e. The third kappa shape index (κ3) is 2.23. The van der Waals surface area contributed by atoms with Crippen molar-refractivity contribution in [3.05, 3.63) is 29.6 Å². The molecular formula is C9H11F3N2. The lowest BCUT2D eigenvalue weighted by Crippen LogP contribution is -2.16. The van der Waals surface area contributed by atoms with E-state index in [-0.39, 0.29) is 18.0 Å². The Morgan fingerprint density at radius 1 is 1.50 bits per heavy atom. The molecule has 0 spiro atoms. The summed E-state index contributed by atoms with van der Waals surface area (Å²) in [4.78, 5) is 3.47. The fraction of sp³-hybridized carbons (Fsp3) is 0.444. The van der Waals surface area contributed by atoms with E-state index >= 15 is 0 Å². The minimum Gasteiger partial charge on any atom is -0.330 e. The maximum absolute atomic E-state index is 12.5. The highest BCUT2D eigenvalue weighted by Crippen LogP contribution is 2.34. The second kappa shape index (κ2) is 3.96. The van der Waals surface area contributed by atoms with Crippen LogP contribution in [0.25, 0.3) is 0 Å². The number of alkyl halides is 3. The first-order valence-corrected chi connectivity index (χ1v) is 4.18. The largest absolute Gasteiger partial charge is 0.418 e. The SMILES string of the molecule is CC(CN)c1ccncc1C(F)(F)F. The maximum Gasteiger partial charge on any atom is 0.418 e. The molecule has 0 aliphatic rings. The summed E-state index contributed by atoms with van der Waals surface area (Å²) >= 11 is 0. The summed E-state index contributed by atoms with van der Waals surface area (Å²) in [7, 11) is 0. The molecule has 1 heterocycles. The summed E-state index contributed by atoms with van der Waals surface area (Å²) in [6, 6.07) is 1.36. The van der Waals surface area contributed by atoms with Crippen molar-refractivity contribution in [1.82, 2.24) is 4.98 Å². The number of hydrogen-bond donors (Lipinski definition) is 1. The van der Waals surface area contributed by atoms with Crippen LogP contribution in [0.5, 0.6) is 0 Å². The topological polar surface area (TPSA) is 38.9 Å². The van der Waals surface area contributed by atoms with Crippen LogP contribution in [-0.4, -0.2) is 11.5 Å².